The molecule has 0 saturated carbocycles. The molecule has 0 aliphatic carbocycles. The molecule has 1 fully saturated rings. The number of pyridine rings is 1. The predicted molar refractivity (Wildman–Crippen MR) is 95.0 cm³/mol. The maximum absolute atomic E-state index is 12.5. The number of aliphatic hydroxyl groups is 1. The van der Waals surface area contributed by atoms with Gasteiger partial charge in [0.15, 0.2) is 5.65 Å². The molecule has 1 aliphatic rings. The smallest absolute Gasteiger partial charge is 0.253 e. The third kappa shape index (κ3) is 3.49. The number of aromatic nitrogens is 4. The molecule has 4 rings (SSSR count). The van der Waals surface area contributed by atoms with Crippen LogP contribution < -0.4 is 5.32 Å². The molecule has 2 N–H and O–H groups in total. The Morgan fingerprint density at radius 2 is 1.93 bits per heavy atom. The second-order valence-electron chi connectivity index (χ2n) is 6.45. The van der Waals surface area contributed by atoms with Gasteiger partial charge in [-0.25, -0.2) is 0 Å². The number of rotatable bonds is 3. The van der Waals surface area contributed by atoms with Crippen LogP contribution in [0.25, 0.3) is 5.65 Å². The van der Waals surface area contributed by atoms with Crippen LogP contribution in [0.3, 0.4) is 0 Å². The van der Waals surface area contributed by atoms with Gasteiger partial charge in [0, 0.05) is 24.8 Å². The highest BCUT2D eigenvalue weighted by Gasteiger charge is 2.31. The molecule has 2 aromatic heterocycles. The van der Waals surface area contributed by atoms with Crippen LogP contribution in [0, 0.1) is 0 Å². The molecule has 3 aromatic rings. The lowest BCUT2D eigenvalue weighted by molar-refractivity contribution is 0.0315. The van der Waals surface area contributed by atoms with Gasteiger partial charge in [0.1, 0.15) is 0 Å². The number of nitrogens with zero attached hydrogens (tertiary/aromatic N) is 5. The molecule has 0 bridgehead atoms. The van der Waals surface area contributed by atoms with Gasteiger partial charge < -0.3 is 15.3 Å². The SMILES string of the molecule is O=C(N[C@@H]1CCN(C(=O)c2ccccc2)C[C@H]1O)c1ccc2nnnn2c1. The van der Waals surface area contributed by atoms with Gasteiger partial charge in [0.25, 0.3) is 11.8 Å². The van der Waals surface area contributed by atoms with E-state index >= 15 is 0 Å². The lowest BCUT2D eigenvalue weighted by atomic mass is 10.0. The number of carbonyl (C=O) groups excluding carboxylic acids is 2. The van der Waals surface area contributed by atoms with E-state index in [0.717, 1.165) is 0 Å². The van der Waals surface area contributed by atoms with E-state index < -0.39 is 12.1 Å². The highest BCUT2D eigenvalue weighted by atomic mass is 16.3. The third-order valence-corrected chi connectivity index (χ3v) is 4.66. The fourth-order valence-corrected chi connectivity index (χ4v) is 3.18. The number of aliphatic hydroxyl groups excluding tert-OH is 1. The predicted octanol–water partition coefficient (Wildman–Crippen LogP) is 0.130. The zero-order chi connectivity index (χ0) is 18.8. The van der Waals surface area contributed by atoms with Crippen molar-refractivity contribution in [2.45, 2.75) is 18.6 Å². The molecule has 1 aliphatic heterocycles. The maximum atomic E-state index is 12.5. The molecule has 3 heterocycles. The van der Waals surface area contributed by atoms with Crippen molar-refractivity contribution in [3.63, 3.8) is 0 Å². The standard InChI is InChI=1S/C18H18N6O3/c25-15-11-23(18(27)12-4-2-1-3-5-12)9-8-14(15)19-17(26)13-6-7-16-20-21-22-24(16)10-13/h1-7,10,14-15,25H,8-9,11H2,(H,19,26)/t14-,15-/m1/s1. The molecular weight excluding hydrogens is 348 g/mol. The van der Waals surface area contributed by atoms with Crippen molar-refractivity contribution in [2.24, 2.45) is 0 Å². The van der Waals surface area contributed by atoms with E-state index in [0.29, 0.717) is 29.7 Å². The molecule has 9 nitrogen and oxygen atoms in total. The normalized spacial score (nSPS) is 19.8. The molecule has 138 valence electrons. The number of amides is 2. The van der Waals surface area contributed by atoms with Crippen molar-refractivity contribution in [3.8, 4) is 0 Å². The van der Waals surface area contributed by atoms with E-state index in [1.54, 1.807) is 41.3 Å². The molecule has 0 spiro atoms. The van der Waals surface area contributed by atoms with Crippen LogP contribution in [0.2, 0.25) is 0 Å². The zero-order valence-corrected chi connectivity index (χ0v) is 14.4. The summed E-state index contributed by atoms with van der Waals surface area (Å²) >= 11 is 0. The summed E-state index contributed by atoms with van der Waals surface area (Å²) in [5.41, 5.74) is 1.52. The highest BCUT2D eigenvalue weighted by molar-refractivity contribution is 5.95. The minimum absolute atomic E-state index is 0.122. The summed E-state index contributed by atoms with van der Waals surface area (Å²) in [7, 11) is 0. The molecular formula is C18H18N6O3. The summed E-state index contributed by atoms with van der Waals surface area (Å²) in [4.78, 5) is 26.6. The van der Waals surface area contributed by atoms with Gasteiger partial charge >= 0.3 is 0 Å². The van der Waals surface area contributed by atoms with Crippen molar-refractivity contribution < 1.29 is 14.7 Å². The van der Waals surface area contributed by atoms with E-state index in [9.17, 15) is 14.7 Å². The Morgan fingerprint density at radius 1 is 1.11 bits per heavy atom. The zero-order valence-electron chi connectivity index (χ0n) is 14.4. The summed E-state index contributed by atoms with van der Waals surface area (Å²) in [6, 6.07) is 11.8. The summed E-state index contributed by atoms with van der Waals surface area (Å²) in [5.74, 6) is -0.442. The first-order valence-electron chi connectivity index (χ1n) is 8.63. The van der Waals surface area contributed by atoms with Gasteiger partial charge in [-0.3, -0.25) is 9.59 Å². The summed E-state index contributed by atoms with van der Waals surface area (Å²) in [5, 5.41) is 24.3. The lowest BCUT2D eigenvalue weighted by Crippen LogP contribution is -2.55. The topological polar surface area (TPSA) is 113 Å². The highest BCUT2D eigenvalue weighted by Crippen LogP contribution is 2.15. The van der Waals surface area contributed by atoms with Crippen LogP contribution in [0.5, 0.6) is 0 Å². The summed E-state index contributed by atoms with van der Waals surface area (Å²) in [6.07, 6.45) is 1.16. The lowest BCUT2D eigenvalue weighted by Gasteiger charge is -2.36. The van der Waals surface area contributed by atoms with Crippen LogP contribution in [-0.4, -0.2) is 67.1 Å². The van der Waals surface area contributed by atoms with Crippen LogP contribution in [0.1, 0.15) is 27.1 Å². The first kappa shape index (κ1) is 17.1. The van der Waals surface area contributed by atoms with E-state index in [4.69, 9.17) is 0 Å². The minimum Gasteiger partial charge on any atom is -0.389 e. The minimum atomic E-state index is -0.841. The molecule has 0 unspecified atom stereocenters. The quantitative estimate of drug-likeness (QED) is 0.681. The number of nitrogens with one attached hydrogen (secondary N) is 1. The molecule has 1 aromatic carbocycles. The third-order valence-electron chi connectivity index (χ3n) is 4.66. The number of hydrogen-bond donors (Lipinski definition) is 2. The van der Waals surface area contributed by atoms with E-state index in [1.165, 1.54) is 10.7 Å². The number of fused-ring (bicyclic) bond motifs is 1. The fraction of sp³-hybridized carbons (Fsp3) is 0.278. The van der Waals surface area contributed by atoms with Crippen molar-refractivity contribution in [3.05, 3.63) is 59.8 Å². The Balaban J connectivity index is 1.39. The Hall–Kier alpha value is -3.33. The number of likely N-dealkylation sites (tertiary alicyclic amines) is 1. The van der Waals surface area contributed by atoms with Gasteiger partial charge in [0.05, 0.1) is 17.7 Å². The van der Waals surface area contributed by atoms with Gasteiger partial charge in [0.2, 0.25) is 0 Å². The Morgan fingerprint density at radius 3 is 2.70 bits per heavy atom. The van der Waals surface area contributed by atoms with Gasteiger partial charge in [-0.2, -0.15) is 4.52 Å². The molecule has 1 saturated heterocycles. The number of carbonyl (C=O) groups is 2. The summed E-state index contributed by atoms with van der Waals surface area (Å²) < 4.78 is 1.41. The van der Waals surface area contributed by atoms with Crippen molar-refractivity contribution in [2.75, 3.05) is 13.1 Å². The molecule has 2 atom stereocenters. The second-order valence-corrected chi connectivity index (χ2v) is 6.45. The Bertz CT molecular complexity index is 973. The number of hydrogen-bond acceptors (Lipinski definition) is 6. The van der Waals surface area contributed by atoms with E-state index in [1.807, 2.05) is 6.07 Å². The monoisotopic (exact) mass is 366 g/mol. The van der Waals surface area contributed by atoms with Gasteiger partial charge in [-0.1, -0.05) is 18.2 Å². The van der Waals surface area contributed by atoms with Crippen molar-refractivity contribution >= 4 is 17.5 Å². The number of benzene rings is 1. The van der Waals surface area contributed by atoms with Crippen LogP contribution >= 0.6 is 0 Å². The Labute approximate surface area is 154 Å². The van der Waals surface area contributed by atoms with Crippen LogP contribution in [0.4, 0.5) is 0 Å². The van der Waals surface area contributed by atoms with Gasteiger partial charge in [-0.05, 0) is 41.1 Å². The maximum Gasteiger partial charge on any atom is 0.253 e. The first-order valence-corrected chi connectivity index (χ1v) is 8.63. The molecule has 27 heavy (non-hydrogen) atoms. The van der Waals surface area contributed by atoms with Crippen molar-refractivity contribution in [1.29, 1.82) is 0 Å². The van der Waals surface area contributed by atoms with Crippen molar-refractivity contribution in [1.82, 2.24) is 30.3 Å². The van der Waals surface area contributed by atoms with Crippen LogP contribution in [0.15, 0.2) is 48.7 Å². The second kappa shape index (κ2) is 7.12. The molecule has 0 radical (unpaired) electrons. The summed E-state index contributed by atoms with van der Waals surface area (Å²) in [6.45, 7) is 0.631. The molecule has 9 heteroatoms. The van der Waals surface area contributed by atoms with Gasteiger partial charge in [-0.15, -0.1) is 5.10 Å². The van der Waals surface area contributed by atoms with E-state index in [-0.39, 0.29) is 18.4 Å². The average molecular weight is 366 g/mol. The van der Waals surface area contributed by atoms with E-state index in [2.05, 4.69) is 20.8 Å². The molecule has 2 amide bonds. The number of β-amino-alcohol motifs (C(OH)–C–C–N with tert-alkyl or cyclic N) is 1. The average Bonchev–Trinajstić information content (AvgIpc) is 3.17. The van der Waals surface area contributed by atoms with Crippen LogP contribution in [-0.2, 0) is 0 Å². The first-order chi connectivity index (χ1) is 13.1. The number of piperidine rings is 1. The Kier molecular flexibility index (Phi) is 4.51. The fourth-order valence-electron chi connectivity index (χ4n) is 3.18. The largest absolute Gasteiger partial charge is 0.389 e. The number of tetrazole rings is 1.